The fraction of sp³-hybridized carbons (Fsp3) is 0.424. The lowest BCUT2D eigenvalue weighted by molar-refractivity contribution is 0.0340. The lowest BCUT2D eigenvalue weighted by atomic mass is 10.0. The zero-order chi connectivity index (χ0) is 32.6. The fourth-order valence-electron chi connectivity index (χ4n) is 5.75. The van der Waals surface area contributed by atoms with Gasteiger partial charge in [-0.25, -0.2) is 9.18 Å². The van der Waals surface area contributed by atoms with Crippen molar-refractivity contribution in [1.82, 2.24) is 30.1 Å². The van der Waals surface area contributed by atoms with Crippen LogP contribution in [0.3, 0.4) is 0 Å². The topological polar surface area (TPSA) is 163 Å². The van der Waals surface area contributed by atoms with Crippen LogP contribution in [-0.4, -0.2) is 76.9 Å². The summed E-state index contributed by atoms with van der Waals surface area (Å²) in [6.45, 7) is 7.37. The third kappa shape index (κ3) is 8.92. The second-order valence-electron chi connectivity index (χ2n) is 12.0. The molecule has 0 unspecified atom stereocenters. The van der Waals surface area contributed by atoms with Crippen molar-refractivity contribution in [2.24, 2.45) is 11.5 Å². The summed E-state index contributed by atoms with van der Waals surface area (Å²) in [4.78, 5) is 22.6. The third-order valence-electron chi connectivity index (χ3n) is 8.17. The normalized spacial score (nSPS) is 15.2. The van der Waals surface area contributed by atoms with Gasteiger partial charge in [0.2, 0.25) is 0 Å². The third-order valence-corrected chi connectivity index (χ3v) is 8.44. The summed E-state index contributed by atoms with van der Waals surface area (Å²) in [5.74, 6) is -0.548. The van der Waals surface area contributed by atoms with Crippen molar-refractivity contribution in [1.29, 1.82) is 5.41 Å². The maximum absolute atomic E-state index is 15.1. The molecule has 0 aliphatic carbocycles. The highest BCUT2D eigenvalue weighted by atomic mass is 35.5. The zero-order valence-corrected chi connectivity index (χ0v) is 26.9. The highest BCUT2D eigenvalue weighted by Gasteiger charge is 2.18. The Kier molecular flexibility index (Phi) is 11.4. The summed E-state index contributed by atoms with van der Waals surface area (Å²) in [5.41, 5.74) is 14.9. The summed E-state index contributed by atoms with van der Waals surface area (Å²) >= 11 is 6.25. The van der Waals surface area contributed by atoms with Crippen LogP contribution in [0.2, 0.25) is 5.02 Å². The van der Waals surface area contributed by atoms with E-state index in [0.717, 1.165) is 76.2 Å². The Morgan fingerprint density at radius 3 is 2.65 bits per heavy atom. The molecule has 0 bridgehead atoms. The van der Waals surface area contributed by atoms with Gasteiger partial charge in [-0.05, 0) is 80.6 Å². The van der Waals surface area contributed by atoms with Gasteiger partial charge in [0.15, 0.2) is 11.8 Å². The van der Waals surface area contributed by atoms with Crippen molar-refractivity contribution in [2.45, 2.75) is 51.2 Å². The van der Waals surface area contributed by atoms with Crippen LogP contribution in [0.1, 0.15) is 37.3 Å². The maximum atomic E-state index is 15.1. The standard InChI is InChI=1S/C33H43ClFN9O2/c1-21(36)3-2-4-23-15-27(30(35)28(34)16-23)29-17-24-19-44(33(45)42-31(24)41-29)26-7-5-22(6-8-26)18-39-10-9-25(40-32(37)38)20-43-11-13-46-14-12-43/h5-8,15-17,19,21,25,39H,2-4,9-14,18,20,36H2,1H3,(H4,37,38,40)(H,41,42,45)/t21-,25+/m0/s1. The van der Waals surface area contributed by atoms with E-state index in [1.54, 1.807) is 24.4 Å². The van der Waals surface area contributed by atoms with Crippen LogP contribution in [0.4, 0.5) is 4.39 Å². The van der Waals surface area contributed by atoms with Crippen molar-refractivity contribution < 1.29 is 9.13 Å². The van der Waals surface area contributed by atoms with Crippen molar-refractivity contribution in [3.05, 3.63) is 81.1 Å². The molecule has 1 aliphatic rings. The number of morpholine rings is 1. The van der Waals surface area contributed by atoms with Gasteiger partial charge in [-0.15, -0.1) is 0 Å². The maximum Gasteiger partial charge on any atom is 0.354 e. The van der Waals surface area contributed by atoms with E-state index in [-0.39, 0.29) is 23.1 Å². The molecule has 1 saturated heterocycles. The van der Waals surface area contributed by atoms with Crippen LogP contribution in [0.15, 0.2) is 53.5 Å². The summed E-state index contributed by atoms with van der Waals surface area (Å²) in [6.07, 6.45) is 4.98. The molecular formula is C33H43ClFN9O2. The van der Waals surface area contributed by atoms with Gasteiger partial charge in [0.25, 0.3) is 0 Å². The molecule has 4 aromatic rings. The minimum Gasteiger partial charge on any atom is -0.379 e. The molecule has 1 aliphatic heterocycles. The SMILES string of the molecule is C[C@H](N)CCCc1cc(Cl)c(F)c(-c2cc3cn(-c4ccc(CNCC[C@H](CN5CCOCC5)NC(=N)N)cc4)c(=O)nc3[nH]2)c1. The number of nitrogens with two attached hydrogens (primary N) is 2. The molecule has 246 valence electrons. The smallest absolute Gasteiger partial charge is 0.354 e. The Morgan fingerprint density at radius 2 is 1.93 bits per heavy atom. The molecule has 3 heterocycles. The molecule has 0 saturated carbocycles. The van der Waals surface area contributed by atoms with Crippen LogP contribution < -0.4 is 27.8 Å². The van der Waals surface area contributed by atoms with Gasteiger partial charge in [-0.3, -0.25) is 14.9 Å². The molecular weight excluding hydrogens is 609 g/mol. The first-order valence-electron chi connectivity index (χ1n) is 15.7. The number of guanidine groups is 1. The molecule has 2 aromatic carbocycles. The number of hydrogen-bond acceptors (Lipinski definition) is 7. The number of H-pyrrole nitrogens is 1. The van der Waals surface area contributed by atoms with E-state index in [9.17, 15) is 4.79 Å². The number of aromatic nitrogens is 3. The monoisotopic (exact) mass is 651 g/mol. The molecule has 0 radical (unpaired) electrons. The number of nitrogens with zero attached hydrogens (tertiary/aromatic N) is 3. The summed E-state index contributed by atoms with van der Waals surface area (Å²) in [6, 6.07) is 13.1. The predicted molar refractivity (Wildman–Crippen MR) is 181 cm³/mol. The van der Waals surface area contributed by atoms with E-state index < -0.39 is 11.5 Å². The van der Waals surface area contributed by atoms with Gasteiger partial charge in [-0.2, -0.15) is 4.98 Å². The van der Waals surface area contributed by atoms with E-state index in [0.29, 0.717) is 34.5 Å². The Bertz CT molecular complexity index is 1680. The zero-order valence-electron chi connectivity index (χ0n) is 26.1. The van der Waals surface area contributed by atoms with Crippen molar-refractivity contribution in [2.75, 3.05) is 39.4 Å². The van der Waals surface area contributed by atoms with Crippen LogP contribution in [-0.2, 0) is 17.7 Å². The number of hydrogen-bond donors (Lipinski definition) is 6. The van der Waals surface area contributed by atoms with Gasteiger partial charge < -0.3 is 31.8 Å². The summed E-state index contributed by atoms with van der Waals surface area (Å²) in [5, 5.41) is 14.9. The summed E-state index contributed by atoms with van der Waals surface area (Å²) < 4.78 is 22.0. The lowest BCUT2D eigenvalue weighted by Crippen LogP contribution is -2.49. The van der Waals surface area contributed by atoms with Gasteiger partial charge in [-0.1, -0.05) is 23.7 Å². The molecule has 8 N–H and O–H groups in total. The van der Waals surface area contributed by atoms with E-state index in [4.69, 9.17) is 33.2 Å². The molecule has 2 atom stereocenters. The van der Waals surface area contributed by atoms with Gasteiger partial charge >= 0.3 is 5.69 Å². The Hall–Kier alpha value is -3.81. The largest absolute Gasteiger partial charge is 0.379 e. The first-order chi connectivity index (χ1) is 22.2. The van der Waals surface area contributed by atoms with Gasteiger partial charge in [0, 0.05) is 55.4 Å². The number of rotatable bonds is 14. The summed E-state index contributed by atoms with van der Waals surface area (Å²) in [7, 11) is 0. The average molecular weight is 652 g/mol. The first-order valence-corrected chi connectivity index (χ1v) is 16.1. The quantitative estimate of drug-likeness (QED) is 0.0686. The number of nitrogens with one attached hydrogen (secondary N) is 4. The van der Waals surface area contributed by atoms with Crippen molar-refractivity contribution in [3.8, 4) is 16.9 Å². The average Bonchev–Trinajstić information content (AvgIpc) is 3.43. The minimum atomic E-state index is -0.522. The van der Waals surface area contributed by atoms with E-state index in [1.165, 1.54) is 4.57 Å². The van der Waals surface area contributed by atoms with Crippen LogP contribution in [0.25, 0.3) is 28.0 Å². The highest BCUT2D eigenvalue weighted by Crippen LogP contribution is 2.31. The van der Waals surface area contributed by atoms with E-state index in [2.05, 4.69) is 25.5 Å². The highest BCUT2D eigenvalue weighted by molar-refractivity contribution is 6.31. The molecule has 46 heavy (non-hydrogen) atoms. The number of aromatic amines is 1. The van der Waals surface area contributed by atoms with Gasteiger partial charge in [0.1, 0.15) is 5.65 Å². The van der Waals surface area contributed by atoms with Crippen molar-refractivity contribution in [3.63, 3.8) is 0 Å². The molecule has 13 heteroatoms. The Balaban J connectivity index is 1.23. The number of benzene rings is 2. The van der Waals surface area contributed by atoms with Crippen LogP contribution in [0, 0.1) is 11.2 Å². The Labute approximate surface area is 273 Å². The minimum absolute atomic E-state index is 0.0258. The molecule has 2 aromatic heterocycles. The molecule has 5 rings (SSSR count). The first kappa shape index (κ1) is 33.6. The number of halogens is 2. The predicted octanol–water partition coefficient (Wildman–Crippen LogP) is 3.51. The molecule has 1 fully saturated rings. The van der Waals surface area contributed by atoms with Gasteiger partial charge in [0.05, 0.1) is 29.6 Å². The van der Waals surface area contributed by atoms with E-state index >= 15 is 4.39 Å². The number of fused-ring (bicyclic) bond motifs is 1. The molecule has 0 amide bonds. The van der Waals surface area contributed by atoms with E-state index in [1.807, 2.05) is 31.2 Å². The molecule has 0 spiro atoms. The molecule has 11 nitrogen and oxygen atoms in total. The van der Waals surface area contributed by atoms with Crippen LogP contribution >= 0.6 is 11.6 Å². The van der Waals surface area contributed by atoms with Crippen LogP contribution in [0.5, 0.6) is 0 Å². The lowest BCUT2D eigenvalue weighted by Gasteiger charge is -2.31. The fourth-order valence-corrected chi connectivity index (χ4v) is 5.99. The number of aryl methyl sites for hydroxylation is 1. The number of ether oxygens (including phenoxy) is 1. The second-order valence-corrected chi connectivity index (χ2v) is 12.4. The second kappa shape index (κ2) is 15.7. The Morgan fingerprint density at radius 1 is 1.17 bits per heavy atom. The van der Waals surface area contributed by atoms with Crippen molar-refractivity contribution >= 4 is 28.6 Å².